The van der Waals surface area contributed by atoms with Crippen molar-refractivity contribution in [1.82, 2.24) is 25.0 Å². The van der Waals surface area contributed by atoms with Gasteiger partial charge in [0.2, 0.25) is 5.91 Å². The summed E-state index contributed by atoms with van der Waals surface area (Å²) in [5.74, 6) is -0.498. The van der Waals surface area contributed by atoms with E-state index in [1.165, 1.54) is 24.5 Å². The molecule has 1 saturated heterocycles. The number of aryl methyl sites for hydroxylation is 1. The van der Waals surface area contributed by atoms with Crippen LogP contribution in [0.4, 0.5) is 5.69 Å². The molecule has 2 aromatic carbocycles. The number of likely N-dealkylation sites (tertiary alicyclic amines) is 1. The number of hydrogen-bond acceptors (Lipinski definition) is 6. The lowest BCUT2D eigenvalue weighted by Gasteiger charge is -2.24. The second-order valence-electron chi connectivity index (χ2n) is 8.05. The van der Waals surface area contributed by atoms with E-state index in [0.29, 0.717) is 37.2 Å². The summed E-state index contributed by atoms with van der Waals surface area (Å²) in [6, 6.07) is 11.6. The number of amides is 2. The average molecular weight is 448 g/mol. The Bertz CT molecular complexity index is 1180. The van der Waals surface area contributed by atoms with Gasteiger partial charge >= 0.3 is 0 Å². The zero-order valence-corrected chi connectivity index (χ0v) is 18.2. The Morgan fingerprint density at radius 2 is 2.03 bits per heavy atom. The molecule has 0 saturated carbocycles. The van der Waals surface area contributed by atoms with Crippen LogP contribution in [0.3, 0.4) is 0 Å². The van der Waals surface area contributed by atoms with Gasteiger partial charge in [-0.25, -0.2) is 9.67 Å². The Kier molecular flexibility index (Phi) is 6.43. The van der Waals surface area contributed by atoms with Gasteiger partial charge in [0.25, 0.3) is 11.6 Å². The summed E-state index contributed by atoms with van der Waals surface area (Å²) in [6.45, 7) is 3.00. The standard InChI is InChI=1S/C23H24N6O4/c1-16-10-19(7-8-20(16)29(32)33)23(31)28-9-3-6-21(28)22(30)25-12-17-4-2-5-18(11-17)13-27-15-24-14-26-27/h2,4-5,7-8,10-11,14-15,21H,3,6,9,12-13H2,1H3,(H,25,30). The van der Waals surface area contributed by atoms with Crippen molar-refractivity contribution in [3.05, 3.63) is 87.5 Å². The van der Waals surface area contributed by atoms with Crippen LogP contribution in [0.5, 0.6) is 0 Å². The topological polar surface area (TPSA) is 123 Å². The molecule has 0 spiro atoms. The molecule has 1 aliphatic heterocycles. The number of hydrogen-bond donors (Lipinski definition) is 1. The summed E-state index contributed by atoms with van der Waals surface area (Å²) >= 11 is 0. The van der Waals surface area contributed by atoms with Crippen LogP contribution in [0, 0.1) is 17.0 Å². The molecule has 1 atom stereocenters. The average Bonchev–Trinajstić information content (AvgIpc) is 3.49. The van der Waals surface area contributed by atoms with Crippen LogP contribution in [0.2, 0.25) is 0 Å². The molecule has 170 valence electrons. The molecule has 0 aliphatic carbocycles. The van der Waals surface area contributed by atoms with E-state index in [2.05, 4.69) is 15.4 Å². The van der Waals surface area contributed by atoms with Gasteiger partial charge in [-0.15, -0.1) is 0 Å². The van der Waals surface area contributed by atoms with Gasteiger partial charge in [-0.3, -0.25) is 19.7 Å². The fourth-order valence-electron chi connectivity index (χ4n) is 4.09. The first-order valence-electron chi connectivity index (χ1n) is 10.7. The first kappa shape index (κ1) is 22.1. The number of nitrogens with zero attached hydrogens (tertiary/aromatic N) is 5. The number of nitro groups is 1. The van der Waals surface area contributed by atoms with E-state index < -0.39 is 11.0 Å². The van der Waals surface area contributed by atoms with Crippen LogP contribution in [-0.2, 0) is 17.9 Å². The highest BCUT2D eigenvalue weighted by atomic mass is 16.6. The minimum atomic E-state index is -0.564. The second kappa shape index (κ2) is 9.60. The summed E-state index contributed by atoms with van der Waals surface area (Å²) in [4.78, 5) is 42.0. The summed E-state index contributed by atoms with van der Waals surface area (Å²) in [5, 5.41) is 18.1. The largest absolute Gasteiger partial charge is 0.350 e. The molecule has 1 N–H and O–H groups in total. The Morgan fingerprint density at radius 3 is 2.76 bits per heavy atom. The van der Waals surface area contributed by atoms with E-state index in [1.54, 1.807) is 22.8 Å². The van der Waals surface area contributed by atoms with Crippen molar-refractivity contribution in [3.8, 4) is 0 Å². The maximum absolute atomic E-state index is 13.0. The molecule has 0 bridgehead atoms. The normalized spacial score (nSPS) is 15.4. The minimum absolute atomic E-state index is 0.0340. The molecule has 0 radical (unpaired) electrons. The van der Waals surface area contributed by atoms with Crippen LogP contribution in [0.1, 0.15) is 39.9 Å². The van der Waals surface area contributed by atoms with E-state index in [-0.39, 0.29) is 17.5 Å². The van der Waals surface area contributed by atoms with Crippen molar-refractivity contribution < 1.29 is 14.5 Å². The highest BCUT2D eigenvalue weighted by molar-refractivity contribution is 5.98. The molecule has 2 heterocycles. The van der Waals surface area contributed by atoms with Crippen LogP contribution in [0.25, 0.3) is 0 Å². The minimum Gasteiger partial charge on any atom is -0.350 e. The highest BCUT2D eigenvalue weighted by Gasteiger charge is 2.34. The van der Waals surface area contributed by atoms with Gasteiger partial charge in [0.05, 0.1) is 11.5 Å². The van der Waals surface area contributed by atoms with Crippen molar-refractivity contribution in [1.29, 1.82) is 0 Å². The number of nitro benzene ring substituents is 1. The maximum Gasteiger partial charge on any atom is 0.272 e. The predicted octanol–water partition coefficient (Wildman–Crippen LogP) is 2.46. The van der Waals surface area contributed by atoms with Crippen molar-refractivity contribution in [2.24, 2.45) is 0 Å². The van der Waals surface area contributed by atoms with Gasteiger partial charge in [0.1, 0.15) is 18.7 Å². The first-order valence-corrected chi connectivity index (χ1v) is 10.7. The molecule has 1 aliphatic rings. The van der Waals surface area contributed by atoms with Gasteiger partial charge in [-0.05, 0) is 43.0 Å². The summed E-state index contributed by atoms with van der Waals surface area (Å²) in [5.41, 5.74) is 2.71. The molecule has 10 heteroatoms. The maximum atomic E-state index is 13.0. The summed E-state index contributed by atoms with van der Waals surface area (Å²) in [7, 11) is 0. The Hall–Kier alpha value is -4.08. The lowest BCUT2D eigenvalue weighted by molar-refractivity contribution is -0.385. The van der Waals surface area contributed by atoms with Gasteiger partial charge in [0.15, 0.2) is 0 Å². The molecule has 4 rings (SSSR count). The lowest BCUT2D eigenvalue weighted by atomic mass is 10.1. The van der Waals surface area contributed by atoms with Crippen molar-refractivity contribution >= 4 is 17.5 Å². The number of rotatable bonds is 7. The molecular weight excluding hydrogens is 424 g/mol. The molecule has 1 unspecified atom stereocenters. The fourth-order valence-corrected chi connectivity index (χ4v) is 4.09. The molecule has 33 heavy (non-hydrogen) atoms. The zero-order chi connectivity index (χ0) is 23.4. The molecule has 1 fully saturated rings. The third-order valence-corrected chi connectivity index (χ3v) is 5.73. The van der Waals surface area contributed by atoms with Gasteiger partial charge in [0, 0.05) is 30.3 Å². The zero-order valence-electron chi connectivity index (χ0n) is 18.2. The van der Waals surface area contributed by atoms with E-state index in [0.717, 1.165) is 17.5 Å². The van der Waals surface area contributed by atoms with E-state index in [9.17, 15) is 19.7 Å². The van der Waals surface area contributed by atoms with Crippen molar-refractivity contribution in [2.45, 2.75) is 38.9 Å². The Balaban J connectivity index is 1.39. The molecule has 1 aromatic heterocycles. The van der Waals surface area contributed by atoms with E-state index in [4.69, 9.17) is 0 Å². The van der Waals surface area contributed by atoms with Gasteiger partial charge < -0.3 is 10.2 Å². The van der Waals surface area contributed by atoms with Crippen LogP contribution < -0.4 is 5.32 Å². The Labute approximate surface area is 190 Å². The predicted molar refractivity (Wildman–Crippen MR) is 119 cm³/mol. The molecule has 2 amide bonds. The third-order valence-electron chi connectivity index (χ3n) is 5.73. The fraction of sp³-hybridized carbons (Fsp3) is 0.304. The first-order chi connectivity index (χ1) is 15.9. The third kappa shape index (κ3) is 5.05. The smallest absolute Gasteiger partial charge is 0.272 e. The van der Waals surface area contributed by atoms with Crippen LogP contribution >= 0.6 is 0 Å². The molecule has 3 aromatic rings. The van der Waals surface area contributed by atoms with Crippen LogP contribution in [-0.4, -0.2) is 49.0 Å². The van der Waals surface area contributed by atoms with Gasteiger partial charge in [-0.2, -0.15) is 5.10 Å². The van der Waals surface area contributed by atoms with E-state index in [1.807, 2.05) is 24.3 Å². The number of carbonyl (C=O) groups is 2. The van der Waals surface area contributed by atoms with Crippen molar-refractivity contribution in [3.63, 3.8) is 0 Å². The van der Waals surface area contributed by atoms with Crippen LogP contribution in [0.15, 0.2) is 55.1 Å². The monoisotopic (exact) mass is 448 g/mol. The lowest BCUT2D eigenvalue weighted by Crippen LogP contribution is -2.45. The highest BCUT2D eigenvalue weighted by Crippen LogP contribution is 2.24. The molecule has 10 nitrogen and oxygen atoms in total. The SMILES string of the molecule is Cc1cc(C(=O)N2CCCC2C(=O)NCc2cccc(Cn3cncn3)c2)ccc1[N+](=O)[O-]. The van der Waals surface area contributed by atoms with Crippen molar-refractivity contribution in [2.75, 3.05) is 6.54 Å². The van der Waals surface area contributed by atoms with E-state index >= 15 is 0 Å². The summed E-state index contributed by atoms with van der Waals surface area (Å²) < 4.78 is 1.72. The number of benzene rings is 2. The number of aromatic nitrogens is 3. The second-order valence-corrected chi connectivity index (χ2v) is 8.05. The molecular formula is C23H24N6O4. The van der Waals surface area contributed by atoms with Gasteiger partial charge in [-0.1, -0.05) is 24.3 Å². The number of carbonyl (C=O) groups excluding carboxylic acids is 2. The quantitative estimate of drug-likeness (QED) is 0.437. The number of nitrogens with one attached hydrogen (secondary N) is 1. The Morgan fingerprint density at radius 1 is 1.21 bits per heavy atom. The summed E-state index contributed by atoms with van der Waals surface area (Å²) in [6.07, 6.45) is 4.43.